The summed E-state index contributed by atoms with van der Waals surface area (Å²) < 4.78 is 24.3. The summed E-state index contributed by atoms with van der Waals surface area (Å²) in [6.45, 7) is 0. The molecule has 0 amide bonds. The van der Waals surface area contributed by atoms with Crippen LogP contribution in [0.25, 0.3) is 0 Å². The molecule has 1 N–H and O–H groups in total. The van der Waals surface area contributed by atoms with Crippen molar-refractivity contribution in [1.82, 2.24) is 15.5 Å². The fourth-order valence-electron chi connectivity index (χ4n) is 1.96. The Kier molecular flexibility index (Phi) is 4.47. The predicted molar refractivity (Wildman–Crippen MR) is 72.4 cm³/mol. The van der Waals surface area contributed by atoms with E-state index in [2.05, 4.69) is 15.5 Å². The fourth-order valence-corrected chi connectivity index (χ4v) is 1.96. The average Bonchev–Trinajstić information content (AvgIpc) is 2.50. The smallest absolute Gasteiger partial charge is 0.233 e. The van der Waals surface area contributed by atoms with Gasteiger partial charge >= 0.3 is 0 Å². The summed E-state index contributed by atoms with van der Waals surface area (Å²) in [6.07, 6.45) is 0. The Bertz CT molecular complexity index is 575. The van der Waals surface area contributed by atoms with E-state index in [1.807, 2.05) is 0 Å². The molecular formula is C14H16FN3O2. The summed E-state index contributed by atoms with van der Waals surface area (Å²) in [5.74, 6) is 0.200. The number of halogens is 1. The minimum atomic E-state index is -0.413. The normalized spacial score (nSPS) is 12.0. The Labute approximate surface area is 116 Å². The van der Waals surface area contributed by atoms with Crippen LogP contribution in [0.3, 0.4) is 0 Å². The molecule has 0 spiro atoms. The lowest BCUT2D eigenvalue weighted by Gasteiger charge is -2.17. The van der Waals surface area contributed by atoms with Gasteiger partial charge in [-0.25, -0.2) is 4.39 Å². The number of hydrogen-bond donors (Lipinski definition) is 1. The molecule has 1 aromatic heterocycles. The molecule has 0 radical (unpaired) electrons. The van der Waals surface area contributed by atoms with Crippen LogP contribution in [0.4, 0.5) is 4.39 Å². The van der Waals surface area contributed by atoms with Crippen LogP contribution in [0, 0.1) is 5.82 Å². The summed E-state index contributed by atoms with van der Waals surface area (Å²) >= 11 is 0. The SMILES string of the molecule is CNC(c1ccc(OC)nn1)c1cccc(OC)c1F. The van der Waals surface area contributed by atoms with Crippen molar-refractivity contribution < 1.29 is 13.9 Å². The molecule has 2 aromatic rings. The number of ether oxygens (including phenoxy) is 2. The molecule has 106 valence electrons. The molecule has 0 bridgehead atoms. The van der Waals surface area contributed by atoms with Gasteiger partial charge in [-0.3, -0.25) is 0 Å². The number of nitrogens with zero attached hydrogens (tertiary/aromatic N) is 2. The first-order valence-electron chi connectivity index (χ1n) is 6.08. The van der Waals surface area contributed by atoms with E-state index in [0.29, 0.717) is 17.1 Å². The molecule has 0 fully saturated rings. The van der Waals surface area contributed by atoms with E-state index in [-0.39, 0.29) is 5.75 Å². The summed E-state index contributed by atoms with van der Waals surface area (Å²) in [5, 5.41) is 11.0. The third-order valence-electron chi connectivity index (χ3n) is 2.98. The predicted octanol–water partition coefficient (Wildman–Crippen LogP) is 1.94. The largest absolute Gasteiger partial charge is 0.494 e. The van der Waals surface area contributed by atoms with Crippen molar-refractivity contribution in [2.45, 2.75) is 6.04 Å². The molecule has 1 atom stereocenters. The maximum Gasteiger partial charge on any atom is 0.233 e. The highest BCUT2D eigenvalue weighted by Gasteiger charge is 2.20. The molecule has 1 aromatic carbocycles. The Balaban J connectivity index is 2.41. The van der Waals surface area contributed by atoms with Gasteiger partial charge in [0.2, 0.25) is 5.88 Å². The summed E-state index contributed by atoms with van der Waals surface area (Å²) in [7, 11) is 4.68. The molecule has 2 rings (SSSR count). The highest BCUT2D eigenvalue weighted by molar-refractivity contribution is 5.36. The van der Waals surface area contributed by atoms with Gasteiger partial charge in [-0.15, -0.1) is 10.2 Å². The minimum absolute atomic E-state index is 0.198. The third-order valence-corrected chi connectivity index (χ3v) is 2.98. The van der Waals surface area contributed by atoms with Crippen molar-refractivity contribution >= 4 is 0 Å². The van der Waals surface area contributed by atoms with Crippen molar-refractivity contribution in [3.63, 3.8) is 0 Å². The average molecular weight is 277 g/mol. The van der Waals surface area contributed by atoms with Gasteiger partial charge < -0.3 is 14.8 Å². The van der Waals surface area contributed by atoms with Crippen molar-refractivity contribution in [3.05, 3.63) is 47.4 Å². The summed E-state index contributed by atoms with van der Waals surface area (Å²) in [5.41, 5.74) is 1.05. The molecular weight excluding hydrogens is 261 g/mol. The second-order valence-corrected chi connectivity index (χ2v) is 4.09. The first-order chi connectivity index (χ1) is 9.71. The van der Waals surface area contributed by atoms with E-state index in [1.165, 1.54) is 14.2 Å². The third kappa shape index (κ3) is 2.70. The number of aromatic nitrogens is 2. The van der Waals surface area contributed by atoms with Gasteiger partial charge in [0.05, 0.1) is 26.0 Å². The van der Waals surface area contributed by atoms with Crippen molar-refractivity contribution in [1.29, 1.82) is 0 Å². The Hall–Kier alpha value is -2.21. The van der Waals surface area contributed by atoms with Gasteiger partial charge in [-0.2, -0.15) is 0 Å². The zero-order valence-electron chi connectivity index (χ0n) is 11.6. The molecule has 6 heteroatoms. The second-order valence-electron chi connectivity index (χ2n) is 4.09. The number of benzene rings is 1. The number of rotatable bonds is 5. The molecule has 5 nitrogen and oxygen atoms in total. The Morgan fingerprint density at radius 2 is 1.90 bits per heavy atom. The molecule has 0 saturated heterocycles. The lowest BCUT2D eigenvalue weighted by molar-refractivity contribution is 0.381. The number of nitrogens with one attached hydrogen (secondary N) is 1. The highest BCUT2D eigenvalue weighted by atomic mass is 19.1. The van der Waals surface area contributed by atoms with Crippen LogP contribution in [-0.4, -0.2) is 31.5 Å². The van der Waals surface area contributed by atoms with E-state index in [4.69, 9.17) is 9.47 Å². The molecule has 0 aliphatic heterocycles. The van der Waals surface area contributed by atoms with Crippen molar-refractivity contribution in [2.24, 2.45) is 0 Å². The zero-order valence-corrected chi connectivity index (χ0v) is 11.6. The van der Waals surface area contributed by atoms with Gasteiger partial charge in [0.25, 0.3) is 0 Å². The lowest BCUT2D eigenvalue weighted by atomic mass is 10.0. The van der Waals surface area contributed by atoms with E-state index in [1.54, 1.807) is 37.4 Å². The van der Waals surface area contributed by atoms with Gasteiger partial charge in [-0.05, 0) is 19.2 Å². The quantitative estimate of drug-likeness (QED) is 0.905. The van der Waals surface area contributed by atoms with E-state index >= 15 is 0 Å². The molecule has 0 aliphatic rings. The summed E-state index contributed by atoms with van der Waals surface area (Å²) in [4.78, 5) is 0. The molecule has 0 saturated carbocycles. The first kappa shape index (κ1) is 14.2. The topological polar surface area (TPSA) is 56.3 Å². The monoisotopic (exact) mass is 277 g/mol. The first-order valence-corrected chi connectivity index (χ1v) is 6.08. The van der Waals surface area contributed by atoms with Crippen molar-refractivity contribution in [2.75, 3.05) is 21.3 Å². The van der Waals surface area contributed by atoms with E-state index in [9.17, 15) is 4.39 Å². The van der Waals surface area contributed by atoms with Gasteiger partial charge in [0.1, 0.15) is 0 Å². The van der Waals surface area contributed by atoms with Crippen LogP contribution in [-0.2, 0) is 0 Å². The fraction of sp³-hybridized carbons (Fsp3) is 0.286. The van der Waals surface area contributed by atoms with Crippen LogP contribution >= 0.6 is 0 Å². The van der Waals surface area contributed by atoms with Crippen LogP contribution in [0.15, 0.2) is 30.3 Å². The standard InChI is InChI=1S/C14H16FN3O2/c1-16-14(10-7-8-12(20-3)18-17-10)9-5-4-6-11(19-2)13(9)15/h4-8,14,16H,1-3H3. The second kappa shape index (κ2) is 6.29. The number of methoxy groups -OCH3 is 2. The number of hydrogen-bond acceptors (Lipinski definition) is 5. The Morgan fingerprint density at radius 1 is 1.10 bits per heavy atom. The Morgan fingerprint density at radius 3 is 2.45 bits per heavy atom. The molecule has 1 heterocycles. The molecule has 0 aliphatic carbocycles. The van der Waals surface area contributed by atoms with Crippen molar-refractivity contribution in [3.8, 4) is 11.6 Å². The van der Waals surface area contributed by atoms with Crippen LogP contribution in [0.1, 0.15) is 17.3 Å². The highest BCUT2D eigenvalue weighted by Crippen LogP contribution is 2.28. The summed E-state index contributed by atoms with van der Waals surface area (Å²) in [6, 6.07) is 8.01. The van der Waals surface area contributed by atoms with Gasteiger partial charge in [0.15, 0.2) is 11.6 Å². The van der Waals surface area contributed by atoms with Gasteiger partial charge in [0, 0.05) is 11.6 Å². The minimum Gasteiger partial charge on any atom is -0.494 e. The molecule has 1 unspecified atom stereocenters. The van der Waals surface area contributed by atoms with E-state index in [0.717, 1.165) is 0 Å². The van der Waals surface area contributed by atoms with Crippen LogP contribution in [0.5, 0.6) is 11.6 Å². The maximum absolute atomic E-state index is 14.3. The zero-order chi connectivity index (χ0) is 14.5. The van der Waals surface area contributed by atoms with E-state index < -0.39 is 11.9 Å². The van der Waals surface area contributed by atoms with Crippen LogP contribution in [0.2, 0.25) is 0 Å². The van der Waals surface area contributed by atoms with Crippen LogP contribution < -0.4 is 14.8 Å². The van der Waals surface area contributed by atoms with Gasteiger partial charge in [-0.1, -0.05) is 12.1 Å². The molecule has 20 heavy (non-hydrogen) atoms. The lowest BCUT2D eigenvalue weighted by Crippen LogP contribution is -2.20. The maximum atomic E-state index is 14.3.